The van der Waals surface area contributed by atoms with E-state index in [2.05, 4.69) is 67.0 Å². The number of likely N-dealkylation sites (tertiary alicyclic amines) is 1. The maximum absolute atomic E-state index is 6.15. The molecule has 1 rings (SSSR count). The predicted octanol–water partition coefficient (Wildman–Crippen LogP) is 4.21. The Balaban J connectivity index is 2.79. The van der Waals surface area contributed by atoms with Crippen LogP contribution in [0.4, 0.5) is 0 Å². The molecule has 0 saturated carbocycles. The second kappa shape index (κ2) is 4.56. The fourth-order valence-electron chi connectivity index (χ4n) is 2.74. The van der Waals surface area contributed by atoms with Crippen LogP contribution in [0.1, 0.15) is 61.3 Å². The number of rotatable bonds is 2. The third kappa shape index (κ3) is 3.28. The van der Waals surface area contributed by atoms with E-state index in [4.69, 9.17) is 4.74 Å². The summed E-state index contributed by atoms with van der Waals surface area (Å²) in [5.74, 6) is 0.906. The van der Waals surface area contributed by atoms with E-state index >= 15 is 0 Å². The van der Waals surface area contributed by atoms with Gasteiger partial charge in [-0.25, -0.2) is 0 Å². The largest absolute Gasteiger partial charge is 0.495 e. The average molecular weight is 253 g/mol. The van der Waals surface area contributed by atoms with Crippen LogP contribution in [0, 0.1) is 5.41 Å². The number of nitrogens with zero attached hydrogens (tertiary/aromatic N) is 1. The molecule has 18 heavy (non-hydrogen) atoms. The molecule has 0 spiro atoms. The lowest BCUT2D eigenvalue weighted by Gasteiger charge is -2.53. The first-order valence-electron chi connectivity index (χ1n) is 6.96. The zero-order valence-corrected chi connectivity index (χ0v) is 13.6. The molecule has 2 heteroatoms. The molecule has 0 amide bonds. The van der Waals surface area contributed by atoms with Crippen molar-refractivity contribution in [3.63, 3.8) is 0 Å². The molecule has 1 aliphatic rings. The molecule has 0 aromatic rings. The highest BCUT2D eigenvalue weighted by Gasteiger charge is 2.44. The van der Waals surface area contributed by atoms with Crippen LogP contribution in [0.2, 0.25) is 0 Å². The molecular weight excluding hydrogens is 222 g/mol. The fraction of sp³-hybridized carbons (Fsp3) is 0.875. The Morgan fingerprint density at radius 2 is 1.50 bits per heavy atom. The maximum Gasteiger partial charge on any atom is 0.102 e. The first kappa shape index (κ1) is 15.6. The minimum atomic E-state index is 0.0254. The molecule has 0 aromatic carbocycles. The van der Waals surface area contributed by atoms with Gasteiger partial charge in [0.25, 0.3) is 0 Å². The van der Waals surface area contributed by atoms with Gasteiger partial charge in [-0.2, -0.15) is 0 Å². The van der Waals surface area contributed by atoms with E-state index in [0.29, 0.717) is 0 Å². The number of hydrogen-bond acceptors (Lipinski definition) is 2. The van der Waals surface area contributed by atoms with Crippen LogP contribution < -0.4 is 0 Å². The Labute approximate surface area is 113 Å². The van der Waals surface area contributed by atoms with Crippen LogP contribution in [0.5, 0.6) is 0 Å². The summed E-state index contributed by atoms with van der Waals surface area (Å²) in [5.41, 5.74) is 0.368. The highest BCUT2D eigenvalue weighted by molar-refractivity contribution is 5.03. The summed E-state index contributed by atoms with van der Waals surface area (Å²) in [5, 5.41) is 0. The summed E-state index contributed by atoms with van der Waals surface area (Å²) in [7, 11) is 2.22. The molecule has 1 saturated heterocycles. The van der Waals surface area contributed by atoms with E-state index in [1.807, 2.05) is 0 Å². The normalized spacial score (nSPS) is 24.9. The van der Waals surface area contributed by atoms with Gasteiger partial charge in [0.15, 0.2) is 0 Å². The predicted molar refractivity (Wildman–Crippen MR) is 78.6 cm³/mol. The topological polar surface area (TPSA) is 12.5 Å². The van der Waals surface area contributed by atoms with Crippen LogP contribution >= 0.6 is 0 Å². The van der Waals surface area contributed by atoms with Crippen molar-refractivity contribution in [1.82, 2.24) is 4.90 Å². The Bertz CT molecular complexity index is 304. The van der Waals surface area contributed by atoms with E-state index < -0.39 is 0 Å². The van der Waals surface area contributed by atoms with Crippen molar-refractivity contribution < 1.29 is 4.74 Å². The van der Waals surface area contributed by atoms with E-state index in [-0.39, 0.29) is 22.6 Å². The Morgan fingerprint density at radius 3 is 1.83 bits per heavy atom. The first-order chi connectivity index (χ1) is 7.86. The number of ether oxygens (including phenoxy) is 1. The van der Waals surface area contributed by atoms with E-state index in [0.717, 1.165) is 18.6 Å². The Kier molecular flexibility index (Phi) is 3.94. The number of piperidine rings is 1. The fourth-order valence-corrected chi connectivity index (χ4v) is 2.74. The maximum atomic E-state index is 6.15. The molecule has 0 aliphatic carbocycles. The average Bonchev–Trinajstić information content (AvgIpc) is 2.11. The smallest absolute Gasteiger partial charge is 0.102 e. The molecule has 1 fully saturated rings. The van der Waals surface area contributed by atoms with Crippen molar-refractivity contribution in [2.45, 2.75) is 78.5 Å². The summed E-state index contributed by atoms with van der Waals surface area (Å²) in [6.07, 6.45) is 2.39. The third-order valence-corrected chi connectivity index (χ3v) is 4.42. The molecule has 0 radical (unpaired) electrons. The van der Waals surface area contributed by atoms with E-state index in [9.17, 15) is 0 Å². The zero-order chi connectivity index (χ0) is 14.4. The lowest BCUT2D eigenvalue weighted by atomic mass is 9.78. The quantitative estimate of drug-likeness (QED) is 0.683. The molecule has 1 heterocycles. The van der Waals surface area contributed by atoms with Gasteiger partial charge in [0.1, 0.15) is 6.10 Å². The van der Waals surface area contributed by atoms with Gasteiger partial charge in [-0.1, -0.05) is 27.4 Å². The van der Waals surface area contributed by atoms with Gasteiger partial charge in [-0.15, -0.1) is 0 Å². The number of allylic oxidation sites excluding steroid dienone is 1. The minimum Gasteiger partial charge on any atom is -0.495 e. The van der Waals surface area contributed by atoms with Crippen LogP contribution in [0.3, 0.4) is 0 Å². The molecular formula is C16H31NO. The van der Waals surface area contributed by atoms with E-state index in [1.54, 1.807) is 0 Å². The third-order valence-electron chi connectivity index (χ3n) is 4.42. The van der Waals surface area contributed by atoms with Gasteiger partial charge < -0.3 is 4.74 Å². The molecule has 0 bridgehead atoms. The minimum absolute atomic E-state index is 0.0254. The van der Waals surface area contributed by atoms with Gasteiger partial charge in [0, 0.05) is 29.3 Å². The molecule has 1 aliphatic heterocycles. The van der Waals surface area contributed by atoms with Crippen LogP contribution in [0.15, 0.2) is 12.3 Å². The molecule has 0 atom stereocenters. The standard InChI is InChI=1S/C16H31NO/c1-12(14(2,3)4)18-13-10-15(5,6)17(9)16(7,8)11-13/h13H,1,10-11H2,2-9H3. The van der Waals surface area contributed by atoms with Gasteiger partial charge in [0.2, 0.25) is 0 Å². The molecule has 106 valence electrons. The van der Waals surface area contributed by atoms with Crippen molar-refractivity contribution in [2.24, 2.45) is 5.41 Å². The van der Waals surface area contributed by atoms with Gasteiger partial charge >= 0.3 is 0 Å². The van der Waals surface area contributed by atoms with Crippen LogP contribution in [-0.4, -0.2) is 29.1 Å². The molecule has 0 N–H and O–H groups in total. The number of hydrogen-bond donors (Lipinski definition) is 0. The van der Waals surface area contributed by atoms with Gasteiger partial charge in [-0.05, 0) is 34.7 Å². The van der Waals surface area contributed by atoms with Crippen LogP contribution in [0.25, 0.3) is 0 Å². The lowest BCUT2D eigenvalue weighted by molar-refractivity contribution is -0.0810. The summed E-state index contributed by atoms with van der Waals surface area (Å²) in [6.45, 7) is 19.7. The Morgan fingerprint density at radius 1 is 1.11 bits per heavy atom. The second-order valence-electron chi connectivity index (χ2n) is 8.01. The SMILES string of the molecule is C=C(OC1CC(C)(C)N(C)C(C)(C)C1)C(C)(C)C. The van der Waals surface area contributed by atoms with Crippen molar-refractivity contribution in [2.75, 3.05) is 7.05 Å². The van der Waals surface area contributed by atoms with Gasteiger partial charge in [-0.3, -0.25) is 4.90 Å². The molecule has 0 aromatic heterocycles. The highest BCUT2D eigenvalue weighted by atomic mass is 16.5. The Hall–Kier alpha value is -0.500. The highest BCUT2D eigenvalue weighted by Crippen LogP contribution is 2.40. The van der Waals surface area contributed by atoms with Crippen LogP contribution in [-0.2, 0) is 4.74 Å². The van der Waals surface area contributed by atoms with Crippen molar-refractivity contribution in [3.05, 3.63) is 12.3 Å². The first-order valence-corrected chi connectivity index (χ1v) is 6.96. The summed E-state index contributed by atoms with van der Waals surface area (Å²) in [4.78, 5) is 2.47. The second-order valence-corrected chi connectivity index (χ2v) is 8.01. The van der Waals surface area contributed by atoms with Crippen molar-refractivity contribution >= 4 is 0 Å². The van der Waals surface area contributed by atoms with E-state index in [1.165, 1.54) is 0 Å². The lowest BCUT2D eigenvalue weighted by Crippen LogP contribution is -2.60. The van der Waals surface area contributed by atoms with Gasteiger partial charge in [0.05, 0.1) is 5.76 Å². The van der Waals surface area contributed by atoms with Crippen molar-refractivity contribution in [3.8, 4) is 0 Å². The molecule has 2 nitrogen and oxygen atoms in total. The molecule has 0 unspecified atom stereocenters. The van der Waals surface area contributed by atoms with Crippen molar-refractivity contribution in [1.29, 1.82) is 0 Å². The summed E-state index contributed by atoms with van der Waals surface area (Å²) >= 11 is 0. The monoisotopic (exact) mass is 253 g/mol. The zero-order valence-electron chi connectivity index (χ0n) is 13.6. The summed E-state index contributed by atoms with van der Waals surface area (Å²) < 4.78 is 6.15. The summed E-state index contributed by atoms with van der Waals surface area (Å²) in [6, 6.07) is 0.